The third kappa shape index (κ3) is 10.0. The van der Waals surface area contributed by atoms with Crippen LogP contribution in [-0.2, 0) is 16.1 Å². The lowest BCUT2D eigenvalue weighted by Crippen LogP contribution is -2.40. The van der Waals surface area contributed by atoms with Gasteiger partial charge in [-0.2, -0.15) is 11.3 Å². The minimum Gasteiger partial charge on any atom is -0.368 e. The number of hydrogen-bond donors (Lipinski definition) is 1. The van der Waals surface area contributed by atoms with Gasteiger partial charge in [-0.3, -0.25) is 0 Å². The van der Waals surface area contributed by atoms with Crippen molar-refractivity contribution in [3.05, 3.63) is 58.3 Å². The van der Waals surface area contributed by atoms with Crippen molar-refractivity contribution in [1.29, 1.82) is 0 Å². The quantitative estimate of drug-likeness (QED) is 0.409. The van der Waals surface area contributed by atoms with Crippen LogP contribution in [0.5, 0.6) is 0 Å². The van der Waals surface area contributed by atoms with Crippen LogP contribution in [0.15, 0.2) is 52.8 Å². The highest BCUT2D eigenvalue weighted by Gasteiger charge is 2.33. The minimum atomic E-state index is -0.373. The first kappa shape index (κ1) is 25.6. The molecule has 1 aliphatic carbocycles. The third-order valence-electron chi connectivity index (χ3n) is 4.89. The van der Waals surface area contributed by atoms with E-state index in [9.17, 15) is 0 Å². The highest BCUT2D eigenvalue weighted by molar-refractivity contribution is 7.07. The number of rotatable bonds is 11. The van der Waals surface area contributed by atoms with Gasteiger partial charge in [0.1, 0.15) is 0 Å². The lowest BCUT2D eigenvalue weighted by Gasteiger charge is -2.37. The summed E-state index contributed by atoms with van der Waals surface area (Å²) in [4.78, 5) is 0. The summed E-state index contributed by atoms with van der Waals surface area (Å²) in [5.41, 5.74) is 1.83. The van der Waals surface area contributed by atoms with Gasteiger partial charge in [0, 0.05) is 18.4 Å². The van der Waals surface area contributed by atoms with Crippen molar-refractivity contribution in [2.75, 3.05) is 19.7 Å². The SMILES string of the molecule is CCNCC1=CC=CC(CC=CC#CC(C)(C)C)(OCC(C)(C)OCc2ccsc2)C1. The highest BCUT2D eigenvalue weighted by Crippen LogP contribution is 2.32. The predicted molar refractivity (Wildman–Crippen MR) is 133 cm³/mol. The van der Waals surface area contributed by atoms with Crippen molar-refractivity contribution in [2.24, 2.45) is 5.41 Å². The molecule has 0 saturated carbocycles. The fraction of sp³-hybridized carbons (Fsp3) is 0.556. The van der Waals surface area contributed by atoms with Gasteiger partial charge in [-0.25, -0.2) is 0 Å². The normalized spacial score (nSPS) is 19.4. The molecule has 4 heteroatoms. The second kappa shape index (κ2) is 11.8. The first-order valence-electron chi connectivity index (χ1n) is 11.2. The summed E-state index contributed by atoms with van der Waals surface area (Å²) in [6.07, 6.45) is 12.3. The second-order valence-corrected chi connectivity index (χ2v) is 10.6. The summed E-state index contributed by atoms with van der Waals surface area (Å²) in [6.45, 7) is 15.7. The van der Waals surface area contributed by atoms with Gasteiger partial charge in [-0.05, 0) is 76.1 Å². The van der Waals surface area contributed by atoms with Crippen LogP contribution in [0.1, 0.15) is 59.9 Å². The Morgan fingerprint density at radius 3 is 2.74 bits per heavy atom. The highest BCUT2D eigenvalue weighted by atomic mass is 32.1. The van der Waals surface area contributed by atoms with Crippen LogP contribution in [-0.4, -0.2) is 30.9 Å². The standard InChI is InChI=1S/C27H39NO2S/c1-7-28-19-23-12-11-16-27(18-23,15-10-8-9-14-25(2,3)4)30-22-26(5,6)29-20-24-13-17-31-21-24/h8,10-13,16-17,21,28H,7,15,18-20,22H2,1-6H3. The van der Waals surface area contributed by atoms with Gasteiger partial charge >= 0.3 is 0 Å². The summed E-state index contributed by atoms with van der Waals surface area (Å²) < 4.78 is 12.8. The third-order valence-corrected chi connectivity index (χ3v) is 5.62. The van der Waals surface area contributed by atoms with E-state index in [4.69, 9.17) is 9.47 Å². The molecular weight excluding hydrogens is 402 g/mol. The molecule has 1 aromatic rings. The molecule has 0 saturated heterocycles. The van der Waals surface area contributed by atoms with E-state index in [1.54, 1.807) is 11.3 Å². The number of hydrogen-bond acceptors (Lipinski definition) is 4. The van der Waals surface area contributed by atoms with E-state index >= 15 is 0 Å². The molecule has 31 heavy (non-hydrogen) atoms. The molecule has 3 nitrogen and oxygen atoms in total. The Balaban J connectivity index is 2.04. The van der Waals surface area contributed by atoms with Crippen LogP contribution in [0.2, 0.25) is 0 Å². The van der Waals surface area contributed by atoms with Crippen molar-refractivity contribution >= 4 is 11.3 Å². The molecule has 2 rings (SSSR count). The van der Waals surface area contributed by atoms with E-state index in [2.05, 4.69) is 99.8 Å². The topological polar surface area (TPSA) is 30.5 Å². The molecule has 170 valence electrons. The number of thiophene rings is 1. The van der Waals surface area contributed by atoms with E-state index in [1.807, 2.05) is 6.08 Å². The molecule has 1 aromatic heterocycles. The molecule has 1 N–H and O–H groups in total. The van der Waals surface area contributed by atoms with Crippen LogP contribution < -0.4 is 5.32 Å². The summed E-state index contributed by atoms with van der Waals surface area (Å²) >= 11 is 1.70. The molecular formula is C27H39NO2S. The fourth-order valence-corrected chi connectivity index (χ4v) is 3.81. The zero-order valence-corrected chi connectivity index (χ0v) is 20.9. The monoisotopic (exact) mass is 441 g/mol. The Morgan fingerprint density at radius 1 is 1.26 bits per heavy atom. The molecule has 0 bridgehead atoms. The van der Waals surface area contributed by atoms with E-state index < -0.39 is 0 Å². The fourth-order valence-electron chi connectivity index (χ4n) is 3.16. The zero-order valence-electron chi connectivity index (χ0n) is 20.1. The first-order valence-corrected chi connectivity index (χ1v) is 12.1. The van der Waals surface area contributed by atoms with Crippen LogP contribution >= 0.6 is 11.3 Å². The maximum atomic E-state index is 6.59. The molecule has 1 heterocycles. The lowest BCUT2D eigenvalue weighted by molar-refractivity contribution is -0.121. The van der Waals surface area contributed by atoms with Crippen LogP contribution in [0, 0.1) is 17.3 Å². The summed E-state index contributed by atoms with van der Waals surface area (Å²) in [7, 11) is 0. The molecule has 0 aromatic carbocycles. The van der Waals surface area contributed by atoms with Crippen LogP contribution in [0.3, 0.4) is 0 Å². The van der Waals surface area contributed by atoms with Crippen molar-refractivity contribution in [3.8, 4) is 11.8 Å². The van der Waals surface area contributed by atoms with E-state index in [0.717, 1.165) is 25.9 Å². The molecule has 0 amide bonds. The molecule has 1 unspecified atom stereocenters. The number of likely N-dealkylation sites (N-methyl/N-ethyl adjacent to an activating group) is 1. The Morgan fingerprint density at radius 2 is 2.06 bits per heavy atom. The molecule has 0 aliphatic heterocycles. The smallest absolute Gasteiger partial charge is 0.0939 e. The zero-order chi connectivity index (χ0) is 22.8. The number of ether oxygens (including phenoxy) is 2. The van der Waals surface area contributed by atoms with Gasteiger partial charge in [-0.15, -0.1) is 0 Å². The van der Waals surface area contributed by atoms with Gasteiger partial charge in [0.05, 0.1) is 24.4 Å². The Labute approximate surface area is 193 Å². The number of allylic oxidation sites excluding steroid dienone is 3. The maximum absolute atomic E-state index is 6.59. The van der Waals surface area contributed by atoms with Crippen LogP contribution in [0.25, 0.3) is 0 Å². The van der Waals surface area contributed by atoms with Gasteiger partial charge < -0.3 is 14.8 Å². The molecule has 0 fully saturated rings. The second-order valence-electron chi connectivity index (χ2n) is 9.80. The maximum Gasteiger partial charge on any atom is 0.0939 e. The summed E-state index contributed by atoms with van der Waals surface area (Å²) in [6, 6.07) is 2.11. The van der Waals surface area contributed by atoms with Crippen LogP contribution in [0.4, 0.5) is 0 Å². The Hall–Kier alpha value is -1.64. The first-order chi connectivity index (χ1) is 14.6. The molecule has 1 aliphatic rings. The lowest BCUT2D eigenvalue weighted by atomic mass is 9.86. The van der Waals surface area contributed by atoms with Crippen molar-refractivity contribution in [3.63, 3.8) is 0 Å². The molecule has 0 radical (unpaired) electrons. The predicted octanol–water partition coefficient (Wildman–Crippen LogP) is 6.29. The Bertz CT molecular complexity index is 816. The number of nitrogens with one attached hydrogen (secondary N) is 1. The average Bonchev–Trinajstić information content (AvgIpc) is 3.23. The van der Waals surface area contributed by atoms with Crippen molar-refractivity contribution in [2.45, 2.75) is 72.2 Å². The van der Waals surface area contributed by atoms with Gasteiger partial charge in [0.15, 0.2) is 0 Å². The van der Waals surface area contributed by atoms with E-state index in [1.165, 1.54) is 11.1 Å². The van der Waals surface area contributed by atoms with Gasteiger partial charge in [0.2, 0.25) is 0 Å². The average molecular weight is 442 g/mol. The van der Waals surface area contributed by atoms with Gasteiger partial charge in [0.25, 0.3) is 0 Å². The van der Waals surface area contributed by atoms with Crippen molar-refractivity contribution in [1.82, 2.24) is 5.32 Å². The van der Waals surface area contributed by atoms with Gasteiger partial charge in [-0.1, -0.05) is 48.6 Å². The Kier molecular flexibility index (Phi) is 9.78. The minimum absolute atomic E-state index is 0.00874. The van der Waals surface area contributed by atoms with E-state index in [-0.39, 0.29) is 16.6 Å². The van der Waals surface area contributed by atoms with E-state index in [0.29, 0.717) is 13.2 Å². The summed E-state index contributed by atoms with van der Waals surface area (Å²) in [5, 5.41) is 7.64. The largest absolute Gasteiger partial charge is 0.368 e. The molecule has 0 spiro atoms. The summed E-state index contributed by atoms with van der Waals surface area (Å²) in [5.74, 6) is 6.43. The van der Waals surface area contributed by atoms with Crippen molar-refractivity contribution < 1.29 is 9.47 Å². The molecule has 1 atom stereocenters.